The number of hydrogen-bond donors (Lipinski definition) is 3. The normalized spacial score (nSPS) is 9.69. The molecule has 1 heterocycles. The molecular formula is C17H21FN4O4. The summed E-state index contributed by atoms with van der Waals surface area (Å²) in [5, 5.41) is 8.86. The SMILES string of the molecule is CN(C)C(=O)Cn1c(C(=O)O)cccc1=O.CNNc1ccc(F)cc1. The van der Waals surface area contributed by atoms with Gasteiger partial charge in [0.15, 0.2) is 0 Å². The Bertz CT molecular complexity index is 803. The Morgan fingerprint density at radius 2 is 1.77 bits per heavy atom. The first-order valence-corrected chi connectivity index (χ1v) is 7.58. The number of carbonyl (C=O) groups is 2. The number of rotatable bonds is 5. The Morgan fingerprint density at radius 3 is 2.27 bits per heavy atom. The van der Waals surface area contributed by atoms with Gasteiger partial charge in [-0.3, -0.25) is 14.2 Å². The fourth-order valence-corrected chi connectivity index (χ4v) is 1.82. The zero-order valence-corrected chi connectivity index (χ0v) is 14.7. The Hall–Kier alpha value is -3.20. The summed E-state index contributed by atoms with van der Waals surface area (Å²) in [6.07, 6.45) is 0. The molecule has 3 N–H and O–H groups in total. The van der Waals surface area contributed by atoms with Crippen molar-refractivity contribution in [3.05, 3.63) is 64.3 Å². The van der Waals surface area contributed by atoms with Crippen LogP contribution < -0.4 is 16.4 Å². The second-order valence-corrected chi connectivity index (χ2v) is 5.31. The number of nitrogens with one attached hydrogen (secondary N) is 2. The van der Waals surface area contributed by atoms with E-state index in [-0.39, 0.29) is 24.0 Å². The lowest BCUT2D eigenvalue weighted by molar-refractivity contribution is -0.129. The maximum absolute atomic E-state index is 12.3. The van der Waals surface area contributed by atoms with E-state index in [0.29, 0.717) is 0 Å². The lowest BCUT2D eigenvalue weighted by Crippen LogP contribution is -2.33. The van der Waals surface area contributed by atoms with Gasteiger partial charge in [0.25, 0.3) is 5.56 Å². The molecule has 8 nitrogen and oxygen atoms in total. The number of carboxylic acids is 1. The lowest BCUT2D eigenvalue weighted by Gasteiger charge is -2.13. The number of carbonyl (C=O) groups excluding carboxylic acids is 1. The summed E-state index contributed by atoms with van der Waals surface area (Å²) < 4.78 is 13.2. The molecule has 0 radical (unpaired) electrons. The number of anilines is 1. The van der Waals surface area contributed by atoms with Gasteiger partial charge in [-0.25, -0.2) is 14.6 Å². The van der Waals surface area contributed by atoms with Crippen LogP contribution in [0.15, 0.2) is 47.3 Å². The number of benzene rings is 1. The molecular weight excluding hydrogens is 343 g/mol. The first-order valence-electron chi connectivity index (χ1n) is 7.58. The first-order chi connectivity index (χ1) is 12.3. The van der Waals surface area contributed by atoms with Crippen LogP contribution >= 0.6 is 0 Å². The third-order valence-corrected chi connectivity index (χ3v) is 3.17. The minimum Gasteiger partial charge on any atom is -0.477 e. The molecule has 26 heavy (non-hydrogen) atoms. The zero-order valence-electron chi connectivity index (χ0n) is 14.7. The topological polar surface area (TPSA) is 104 Å². The fraction of sp³-hybridized carbons (Fsp3) is 0.235. The van der Waals surface area contributed by atoms with E-state index in [1.54, 1.807) is 19.2 Å². The Morgan fingerprint density at radius 1 is 1.15 bits per heavy atom. The minimum absolute atomic E-state index is 0.192. The highest BCUT2D eigenvalue weighted by Crippen LogP contribution is 2.05. The number of carboxylic acid groups (broad SMARTS) is 1. The molecule has 1 aromatic carbocycles. The van der Waals surface area contributed by atoms with Crippen LogP contribution in [-0.2, 0) is 11.3 Å². The molecule has 2 aromatic rings. The van der Waals surface area contributed by atoms with Crippen molar-refractivity contribution in [3.8, 4) is 0 Å². The predicted octanol–water partition coefficient (Wildman–Crippen LogP) is 1.01. The van der Waals surface area contributed by atoms with Crippen molar-refractivity contribution < 1.29 is 19.1 Å². The molecule has 0 aliphatic carbocycles. The summed E-state index contributed by atoms with van der Waals surface area (Å²) in [6.45, 7) is -0.270. The molecule has 0 aliphatic heterocycles. The average molecular weight is 364 g/mol. The van der Waals surface area contributed by atoms with Gasteiger partial charge in [-0.15, -0.1) is 0 Å². The molecule has 0 fully saturated rings. The predicted molar refractivity (Wildman–Crippen MR) is 95.4 cm³/mol. The van der Waals surface area contributed by atoms with E-state index in [9.17, 15) is 18.8 Å². The van der Waals surface area contributed by atoms with Crippen LogP contribution in [0.2, 0.25) is 0 Å². The molecule has 0 aliphatic rings. The molecule has 0 saturated heterocycles. The second kappa shape index (κ2) is 9.94. The molecule has 140 valence electrons. The summed E-state index contributed by atoms with van der Waals surface area (Å²) >= 11 is 0. The van der Waals surface area contributed by atoms with Crippen molar-refractivity contribution in [2.24, 2.45) is 0 Å². The summed E-state index contributed by atoms with van der Waals surface area (Å²) in [5.41, 5.74) is 5.70. The van der Waals surface area contributed by atoms with Crippen LogP contribution in [0.5, 0.6) is 0 Å². The molecule has 0 atom stereocenters. The summed E-state index contributed by atoms with van der Waals surface area (Å²) in [5.74, 6) is -1.79. The van der Waals surface area contributed by atoms with Crippen molar-refractivity contribution in [2.75, 3.05) is 26.6 Å². The van der Waals surface area contributed by atoms with E-state index < -0.39 is 11.5 Å². The van der Waals surface area contributed by atoms with Crippen molar-refractivity contribution in [1.82, 2.24) is 14.9 Å². The first kappa shape index (κ1) is 20.8. The van der Waals surface area contributed by atoms with Gasteiger partial charge in [-0.2, -0.15) is 0 Å². The average Bonchev–Trinajstić information content (AvgIpc) is 2.59. The van der Waals surface area contributed by atoms with Crippen LogP contribution in [0.25, 0.3) is 0 Å². The quantitative estimate of drug-likeness (QED) is 0.684. The van der Waals surface area contributed by atoms with Crippen LogP contribution in [-0.4, -0.2) is 47.6 Å². The number of hydrazine groups is 1. The third-order valence-electron chi connectivity index (χ3n) is 3.17. The van der Waals surface area contributed by atoms with E-state index in [4.69, 9.17) is 5.11 Å². The van der Waals surface area contributed by atoms with Crippen LogP contribution in [0, 0.1) is 5.82 Å². The number of aromatic nitrogens is 1. The summed E-state index contributed by atoms with van der Waals surface area (Å²) in [7, 11) is 4.83. The van der Waals surface area contributed by atoms with Gasteiger partial charge in [-0.05, 0) is 30.3 Å². The van der Waals surface area contributed by atoms with Crippen LogP contribution in [0.4, 0.5) is 10.1 Å². The van der Waals surface area contributed by atoms with E-state index in [1.165, 1.54) is 49.3 Å². The fourth-order valence-electron chi connectivity index (χ4n) is 1.82. The van der Waals surface area contributed by atoms with Crippen molar-refractivity contribution in [2.45, 2.75) is 6.54 Å². The summed E-state index contributed by atoms with van der Waals surface area (Å²) in [6, 6.07) is 9.97. The zero-order chi connectivity index (χ0) is 19.7. The van der Waals surface area contributed by atoms with E-state index in [2.05, 4.69) is 10.9 Å². The van der Waals surface area contributed by atoms with E-state index >= 15 is 0 Å². The molecule has 2 rings (SSSR count). The van der Waals surface area contributed by atoms with Crippen molar-refractivity contribution in [3.63, 3.8) is 0 Å². The van der Waals surface area contributed by atoms with Gasteiger partial charge in [0.2, 0.25) is 5.91 Å². The number of likely N-dealkylation sites (N-methyl/N-ethyl adjacent to an activating group) is 1. The highest BCUT2D eigenvalue weighted by atomic mass is 19.1. The molecule has 0 spiro atoms. The Kier molecular flexibility index (Phi) is 7.97. The standard InChI is InChI=1S/C10H12N2O4.C7H9FN2/c1-11(2)9(14)6-12-7(10(15)16)4-3-5-8(12)13;1-9-10-7-4-2-6(8)3-5-7/h3-5H,6H2,1-2H3,(H,15,16);2-5,9-10H,1H3. The number of amides is 1. The van der Waals surface area contributed by atoms with Gasteiger partial charge in [0.05, 0.1) is 0 Å². The van der Waals surface area contributed by atoms with Gasteiger partial charge >= 0.3 is 5.97 Å². The highest BCUT2D eigenvalue weighted by Gasteiger charge is 2.14. The molecule has 0 saturated carbocycles. The third kappa shape index (κ3) is 6.36. The minimum atomic E-state index is -1.23. The van der Waals surface area contributed by atoms with Crippen molar-refractivity contribution >= 4 is 17.6 Å². The van der Waals surface area contributed by atoms with Crippen LogP contribution in [0.1, 0.15) is 10.5 Å². The molecule has 9 heteroatoms. The molecule has 0 unspecified atom stereocenters. The second-order valence-electron chi connectivity index (χ2n) is 5.31. The highest BCUT2D eigenvalue weighted by molar-refractivity contribution is 5.86. The number of hydrogen-bond acceptors (Lipinski definition) is 5. The van der Waals surface area contributed by atoms with E-state index in [1.807, 2.05) is 0 Å². The van der Waals surface area contributed by atoms with Crippen LogP contribution in [0.3, 0.4) is 0 Å². The number of aromatic carboxylic acids is 1. The van der Waals surface area contributed by atoms with Gasteiger partial charge in [0, 0.05) is 32.9 Å². The van der Waals surface area contributed by atoms with Gasteiger partial charge < -0.3 is 15.4 Å². The Balaban J connectivity index is 0.000000289. The maximum Gasteiger partial charge on any atom is 0.352 e. The maximum atomic E-state index is 12.3. The van der Waals surface area contributed by atoms with Gasteiger partial charge in [0.1, 0.15) is 18.1 Å². The lowest BCUT2D eigenvalue weighted by atomic mass is 10.3. The molecule has 1 aromatic heterocycles. The smallest absolute Gasteiger partial charge is 0.352 e. The summed E-state index contributed by atoms with van der Waals surface area (Å²) in [4.78, 5) is 35.0. The van der Waals surface area contributed by atoms with Crippen molar-refractivity contribution in [1.29, 1.82) is 0 Å². The Labute approximate surface area is 149 Å². The van der Waals surface area contributed by atoms with Gasteiger partial charge in [-0.1, -0.05) is 6.07 Å². The number of halogens is 1. The largest absolute Gasteiger partial charge is 0.477 e. The monoisotopic (exact) mass is 364 g/mol. The number of nitrogens with zero attached hydrogens (tertiary/aromatic N) is 2. The molecule has 1 amide bonds. The molecule has 0 bridgehead atoms. The number of pyridine rings is 1. The van der Waals surface area contributed by atoms with E-state index in [0.717, 1.165) is 10.3 Å².